The summed E-state index contributed by atoms with van der Waals surface area (Å²) in [5, 5.41) is 18.7. The van der Waals surface area contributed by atoms with Gasteiger partial charge in [-0.15, -0.1) is 0 Å². The van der Waals surface area contributed by atoms with E-state index in [1.807, 2.05) is 17.8 Å². The van der Waals surface area contributed by atoms with Gasteiger partial charge in [0.1, 0.15) is 0 Å². The number of rotatable bonds is 13. The molecule has 0 aromatic heterocycles. The van der Waals surface area contributed by atoms with Crippen LogP contribution in [0.3, 0.4) is 0 Å². The van der Waals surface area contributed by atoms with Crippen molar-refractivity contribution in [3.05, 3.63) is 23.8 Å². The van der Waals surface area contributed by atoms with E-state index in [4.69, 9.17) is 0 Å². The summed E-state index contributed by atoms with van der Waals surface area (Å²) in [4.78, 5) is 0. The summed E-state index contributed by atoms with van der Waals surface area (Å²) in [6.45, 7) is 2.27. The summed E-state index contributed by atoms with van der Waals surface area (Å²) in [6, 6.07) is 5.12. The summed E-state index contributed by atoms with van der Waals surface area (Å²) < 4.78 is 0. The minimum Gasteiger partial charge on any atom is -0.504 e. The number of aromatic hydroxyl groups is 2. The van der Waals surface area contributed by atoms with Gasteiger partial charge in [-0.25, -0.2) is 0 Å². The van der Waals surface area contributed by atoms with Gasteiger partial charge >= 0.3 is 0 Å². The molecular formula is C19H32O2S. The standard InChI is InChI=1S/C19H32O2S/c1-2-3-4-5-6-7-8-9-14-22-15-10-11-17-12-13-18(20)19(21)16-17/h12-13,16,20-21H,2-11,14-15H2,1H3. The first kappa shape index (κ1) is 19.2. The van der Waals surface area contributed by atoms with Crippen molar-refractivity contribution in [2.24, 2.45) is 0 Å². The quantitative estimate of drug-likeness (QED) is 0.350. The fourth-order valence-corrected chi connectivity index (χ4v) is 3.50. The highest BCUT2D eigenvalue weighted by Gasteiger charge is 2.00. The van der Waals surface area contributed by atoms with Crippen LogP contribution in [0.25, 0.3) is 0 Å². The first-order valence-electron chi connectivity index (χ1n) is 8.82. The van der Waals surface area contributed by atoms with E-state index in [0.717, 1.165) is 18.4 Å². The van der Waals surface area contributed by atoms with Crippen molar-refractivity contribution in [3.63, 3.8) is 0 Å². The van der Waals surface area contributed by atoms with E-state index < -0.39 is 0 Å². The van der Waals surface area contributed by atoms with Gasteiger partial charge in [-0.05, 0) is 48.5 Å². The molecule has 0 spiro atoms. The summed E-state index contributed by atoms with van der Waals surface area (Å²) in [5.74, 6) is 2.41. The molecule has 2 N–H and O–H groups in total. The van der Waals surface area contributed by atoms with Crippen LogP contribution in [0.2, 0.25) is 0 Å². The Hall–Kier alpha value is -0.830. The lowest BCUT2D eigenvalue weighted by Gasteiger charge is -2.04. The number of hydrogen-bond donors (Lipinski definition) is 2. The Kier molecular flexibility index (Phi) is 11.1. The fourth-order valence-electron chi connectivity index (χ4n) is 2.54. The zero-order valence-electron chi connectivity index (χ0n) is 14.0. The van der Waals surface area contributed by atoms with Crippen LogP contribution < -0.4 is 0 Å². The Balaban J connectivity index is 1.88. The highest BCUT2D eigenvalue weighted by Crippen LogP contribution is 2.25. The van der Waals surface area contributed by atoms with Gasteiger partial charge < -0.3 is 10.2 Å². The van der Waals surface area contributed by atoms with E-state index in [1.54, 1.807) is 12.1 Å². The smallest absolute Gasteiger partial charge is 0.157 e. The number of phenols is 2. The molecular weight excluding hydrogens is 292 g/mol. The molecule has 0 saturated carbocycles. The third-order valence-corrected chi connectivity index (χ3v) is 5.09. The number of benzene rings is 1. The Bertz CT molecular complexity index is 393. The summed E-state index contributed by atoms with van der Waals surface area (Å²) in [6.07, 6.45) is 13.2. The maximum Gasteiger partial charge on any atom is 0.157 e. The lowest BCUT2D eigenvalue weighted by atomic mass is 10.1. The molecule has 0 fully saturated rings. The number of phenolic OH excluding ortho intramolecular Hbond substituents is 2. The zero-order chi connectivity index (χ0) is 16.0. The Morgan fingerprint density at radius 3 is 2.09 bits per heavy atom. The number of unbranched alkanes of at least 4 members (excludes halogenated alkanes) is 7. The van der Waals surface area contributed by atoms with E-state index in [-0.39, 0.29) is 11.5 Å². The third-order valence-electron chi connectivity index (χ3n) is 3.94. The molecule has 0 aliphatic heterocycles. The van der Waals surface area contributed by atoms with Crippen LogP contribution in [-0.4, -0.2) is 21.7 Å². The zero-order valence-corrected chi connectivity index (χ0v) is 14.8. The summed E-state index contributed by atoms with van der Waals surface area (Å²) >= 11 is 2.04. The van der Waals surface area contributed by atoms with Gasteiger partial charge in [0.05, 0.1) is 0 Å². The van der Waals surface area contributed by atoms with E-state index >= 15 is 0 Å². The second-order valence-electron chi connectivity index (χ2n) is 6.01. The summed E-state index contributed by atoms with van der Waals surface area (Å²) in [7, 11) is 0. The van der Waals surface area contributed by atoms with Crippen molar-refractivity contribution in [3.8, 4) is 11.5 Å². The van der Waals surface area contributed by atoms with Crippen LogP contribution in [0.1, 0.15) is 70.3 Å². The van der Waals surface area contributed by atoms with Crippen LogP contribution in [0.15, 0.2) is 18.2 Å². The van der Waals surface area contributed by atoms with Gasteiger partial charge in [0.25, 0.3) is 0 Å². The van der Waals surface area contributed by atoms with Gasteiger partial charge in [0.2, 0.25) is 0 Å². The molecule has 22 heavy (non-hydrogen) atoms. The van der Waals surface area contributed by atoms with Crippen LogP contribution in [-0.2, 0) is 6.42 Å². The molecule has 0 atom stereocenters. The molecule has 126 valence electrons. The number of aryl methyl sites for hydroxylation is 1. The van der Waals surface area contributed by atoms with Gasteiger partial charge in [-0.1, -0.05) is 57.9 Å². The van der Waals surface area contributed by atoms with Crippen molar-refractivity contribution in [2.45, 2.75) is 71.1 Å². The first-order valence-corrected chi connectivity index (χ1v) is 9.98. The normalized spacial score (nSPS) is 11.0. The van der Waals surface area contributed by atoms with Gasteiger partial charge in [-0.3, -0.25) is 0 Å². The van der Waals surface area contributed by atoms with Crippen LogP contribution in [0.5, 0.6) is 11.5 Å². The largest absolute Gasteiger partial charge is 0.504 e. The topological polar surface area (TPSA) is 40.5 Å². The maximum atomic E-state index is 9.44. The first-order chi connectivity index (χ1) is 10.7. The molecule has 2 nitrogen and oxygen atoms in total. The number of hydrogen-bond acceptors (Lipinski definition) is 3. The summed E-state index contributed by atoms with van der Waals surface area (Å²) in [5.41, 5.74) is 1.10. The second-order valence-corrected chi connectivity index (χ2v) is 7.24. The predicted octanol–water partition coefficient (Wildman–Crippen LogP) is 5.90. The van der Waals surface area contributed by atoms with Gasteiger partial charge in [0, 0.05) is 0 Å². The minimum absolute atomic E-state index is 0.0101. The van der Waals surface area contributed by atoms with Crippen molar-refractivity contribution in [2.75, 3.05) is 11.5 Å². The van der Waals surface area contributed by atoms with Gasteiger partial charge in [0.15, 0.2) is 11.5 Å². The average molecular weight is 325 g/mol. The molecule has 0 aliphatic rings. The SMILES string of the molecule is CCCCCCCCCCSCCCc1ccc(O)c(O)c1. The van der Waals surface area contributed by atoms with Crippen LogP contribution >= 0.6 is 11.8 Å². The van der Waals surface area contributed by atoms with Gasteiger partial charge in [-0.2, -0.15) is 11.8 Å². The predicted molar refractivity (Wildman–Crippen MR) is 98.0 cm³/mol. The average Bonchev–Trinajstić information content (AvgIpc) is 2.52. The third kappa shape index (κ3) is 9.24. The molecule has 0 unspecified atom stereocenters. The van der Waals surface area contributed by atoms with Crippen molar-refractivity contribution < 1.29 is 10.2 Å². The Morgan fingerprint density at radius 2 is 1.41 bits per heavy atom. The molecule has 1 aromatic carbocycles. The molecule has 0 bridgehead atoms. The molecule has 0 heterocycles. The Morgan fingerprint density at radius 1 is 0.773 bits per heavy atom. The minimum atomic E-state index is -0.0344. The van der Waals surface area contributed by atoms with Crippen molar-refractivity contribution in [1.29, 1.82) is 0 Å². The highest BCUT2D eigenvalue weighted by atomic mass is 32.2. The molecule has 3 heteroatoms. The lowest BCUT2D eigenvalue weighted by Crippen LogP contribution is -1.90. The monoisotopic (exact) mass is 324 g/mol. The molecule has 0 saturated heterocycles. The van der Waals surface area contributed by atoms with Crippen molar-refractivity contribution in [1.82, 2.24) is 0 Å². The van der Waals surface area contributed by atoms with E-state index in [9.17, 15) is 10.2 Å². The lowest BCUT2D eigenvalue weighted by molar-refractivity contribution is 0.403. The van der Waals surface area contributed by atoms with E-state index in [0.29, 0.717) is 0 Å². The fraction of sp³-hybridized carbons (Fsp3) is 0.684. The molecule has 0 amide bonds. The highest BCUT2D eigenvalue weighted by molar-refractivity contribution is 7.99. The molecule has 0 aliphatic carbocycles. The molecule has 1 rings (SSSR count). The van der Waals surface area contributed by atoms with E-state index in [2.05, 4.69) is 6.92 Å². The van der Waals surface area contributed by atoms with Crippen molar-refractivity contribution >= 4 is 11.8 Å². The molecule has 0 radical (unpaired) electrons. The Labute approximate surface area is 140 Å². The van der Waals surface area contributed by atoms with Crippen LogP contribution in [0.4, 0.5) is 0 Å². The maximum absolute atomic E-state index is 9.44. The second kappa shape index (κ2) is 12.7. The molecule has 1 aromatic rings. The van der Waals surface area contributed by atoms with E-state index in [1.165, 1.54) is 62.9 Å². The number of thioether (sulfide) groups is 1. The van der Waals surface area contributed by atoms with Crippen LogP contribution in [0, 0.1) is 0 Å².